The van der Waals surface area contributed by atoms with E-state index in [9.17, 15) is 9.18 Å². The molecular weight excluding hydrogens is 347 g/mol. The number of rotatable bonds is 4. The van der Waals surface area contributed by atoms with Gasteiger partial charge in [0.25, 0.3) is 5.56 Å². The Labute approximate surface area is 155 Å². The quantitative estimate of drug-likeness (QED) is 0.768. The second-order valence-corrected chi connectivity index (χ2v) is 6.49. The summed E-state index contributed by atoms with van der Waals surface area (Å²) in [6.07, 6.45) is 3.97. The fraction of sp³-hybridized carbons (Fsp3) is 0.250. The van der Waals surface area contributed by atoms with E-state index < -0.39 is 0 Å². The maximum Gasteiger partial charge on any atom is 0.255 e. The fourth-order valence-electron chi connectivity index (χ4n) is 3.30. The van der Waals surface area contributed by atoms with Gasteiger partial charge in [-0.2, -0.15) is 0 Å². The van der Waals surface area contributed by atoms with Crippen molar-refractivity contribution in [1.82, 2.24) is 19.9 Å². The number of hydrogen-bond acceptors (Lipinski definition) is 5. The largest absolute Gasteiger partial charge is 0.497 e. The molecule has 1 aromatic carbocycles. The highest BCUT2D eigenvalue weighted by Crippen LogP contribution is 2.22. The number of halogens is 1. The molecule has 0 amide bonds. The Balaban J connectivity index is 1.58. The first-order chi connectivity index (χ1) is 13.1. The van der Waals surface area contributed by atoms with E-state index in [4.69, 9.17) is 4.74 Å². The minimum absolute atomic E-state index is 0.150. The van der Waals surface area contributed by atoms with Gasteiger partial charge in [-0.15, -0.1) is 0 Å². The Morgan fingerprint density at radius 3 is 2.85 bits per heavy atom. The number of nitrogens with one attached hydrogen (secondary N) is 1. The van der Waals surface area contributed by atoms with Crippen LogP contribution in [0.3, 0.4) is 0 Å². The zero-order chi connectivity index (χ0) is 18.8. The highest BCUT2D eigenvalue weighted by Gasteiger charge is 2.22. The van der Waals surface area contributed by atoms with E-state index in [1.807, 2.05) is 17.0 Å². The first-order valence-electron chi connectivity index (χ1n) is 8.71. The molecule has 0 radical (unpaired) electrons. The van der Waals surface area contributed by atoms with Gasteiger partial charge in [-0.3, -0.25) is 14.7 Å². The molecule has 27 heavy (non-hydrogen) atoms. The Morgan fingerprint density at radius 1 is 1.26 bits per heavy atom. The van der Waals surface area contributed by atoms with Crippen LogP contribution in [0, 0.1) is 5.82 Å². The smallest absolute Gasteiger partial charge is 0.255 e. The molecule has 0 atom stereocenters. The molecule has 3 aromatic rings. The van der Waals surface area contributed by atoms with Gasteiger partial charge >= 0.3 is 0 Å². The summed E-state index contributed by atoms with van der Waals surface area (Å²) >= 11 is 0. The van der Waals surface area contributed by atoms with Gasteiger partial charge < -0.3 is 9.72 Å². The van der Waals surface area contributed by atoms with Crippen LogP contribution in [0.5, 0.6) is 5.75 Å². The van der Waals surface area contributed by atoms with E-state index >= 15 is 0 Å². The molecule has 0 spiro atoms. The number of ether oxygens (including phenoxy) is 1. The van der Waals surface area contributed by atoms with Crippen molar-refractivity contribution in [2.45, 2.75) is 19.5 Å². The number of hydrogen-bond donors (Lipinski definition) is 1. The van der Waals surface area contributed by atoms with Crippen molar-refractivity contribution in [3.8, 4) is 17.1 Å². The number of methoxy groups -OCH3 is 1. The van der Waals surface area contributed by atoms with E-state index in [1.165, 1.54) is 6.07 Å². The number of fused-ring (bicyclic) bond motifs is 1. The molecule has 2 aromatic heterocycles. The van der Waals surface area contributed by atoms with Crippen LogP contribution in [-0.2, 0) is 19.5 Å². The molecule has 138 valence electrons. The third-order valence-electron chi connectivity index (χ3n) is 4.75. The van der Waals surface area contributed by atoms with Crippen molar-refractivity contribution in [1.29, 1.82) is 0 Å². The van der Waals surface area contributed by atoms with Crippen molar-refractivity contribution in [3.63, 3.8) is 0 Å². The molecule has 3 heterocycles. The van der Waals surface area contributed by atoms with Gasteiger partial charge in [0.05, 0.1) is 18.4 Å². The molecule has 1 aliphatic heterocycles. The standard InChI is InChI=1S/C20H19FN4O2/c1-27-15-2-3-17(21)14(10-15)11-25-9-6-18-16(12-25)20(26)24-19(23-18)13-4-7-22-8-5-13/h2-5,7-8,10H,6,9,11-12H2,1H3,(H,23,24,26). The lowest BCUT2D eigenvalue weighted by Gasteiger charge is -2.28. The first-order valence-corrected chi connectivity index (χ1v) is 8.71. The number of benzene rings is 1. The third-order valence-corrected chi connectivity index (χ3v) is 4.75. The van der Waals surface area contributed by atoms with Gasteiger partial charge in [0.1, 0.15) is 17.4 Å². The Hall–Kier alpha value is -3.06. The van der Waals surface area contributed by atoms with Crippen molar-refractivity contribution < 1.29 is 9.13 Å². The summed E-state index contributed by atoms with van der Waals surface area (Å²) < 4.78 is 19.3. The van der Waals surface area contributed by atoms with Crippen LogP contribution < -0.4 is 10.3 Å². The lowest BCUT2D eigenvalue weighted by Crippen LogP contribution is -2.35. The molecule has 6 nitrogen and oxygen atoms in total. The van der Waals surface area contributed by atoms with Gasteiger partial charge in [-0.05, 0) is 30.3 Å². The third kappa shape index (κ3) is 3.59. The number of H-pyrrole nitrogens is 1. The summed E-state index contributed by atoms with van der Waals surface area (Å²) in [6.45, 7) is 1.55. The molecule has 0 unspecified atom stereocenters. The Bertz CT molecular complexity index is 1020. The van der Waals surface area contributed by atoms with E-state index in [0.717, 1.165) is 11.3 Å². The summed E-state index contributed by atoms with van der Waals surface area (Å²) in [7, 11) is 1.56. The predicted octanol–water partition coefficient (Wildman–Crippen LogP) is 2.54. The molecule has 4 rings (SSSR count). The minimum Gasteiger partial charge on any atom is -0.497 e. The van der Waals surface area contributed by atoms with Gasteiger partial charge in [0.2, 0.25) is 0 Å². The highest BCUT2D eigenvalue weighted by atomic mass is 19.1. The predicted molar refractivity (Wildman–Crippen MR) is 98.9 cm³/mol. The molecule has 0 fully saturated rings. The molecule has 1 aliphatic rings. The van der Waals surface area contributed by atoms with Crippen LogP contribution in [0.25, 0.3) is 11.4 Å². The maximum atomic E-state index is 14.1. The molecule has 7 heteroatoms. The fourth-order valence-corrected chi connectivity index (χ4v) is 3.30. The average molecular weight is 366 g/mol. The summed E-state index contributed by atoms with van der Waals surface area (Å²) in [6, 6.07) is 8.32. The SMILES string of the molecule is COc1ccc(F)c(CN2CCc3nc(-c4ccncc4)[nH]c(=O)c3C2)c1. The lowest BCUT2D eigenvalue weighted by atomic mass is 10.1. The Morgan fingerprint density at radius 2 is 2.07 bits per heavy atom. The lowest BCUT2D eigenvalue weighted by molar-refractivity contribution is 0.238. The second kappa shape index (κ2) is 7.28. The van der Waals surface area contributed by atoms with E-state index in [0.29, 0.717) is 48.8 Å². The van der Waals surface area contributed by atoms with Gasteiger partial charge in [0, 0.05) is 49.6 Å². The van der Waals surface area contributed by atoms with Gasteiger partial charge in [-0.25, -0.2) is 9.37 Å². The van der Waals surface area contributed by atoms with Crippen molar-refractivity contribution in [3.05, 3.63) is 75.7 Å². The molecule has 0 aliphatic carbocycles. The molecule has 0 bridgehead atoms. The topological polar surface area (TPSA) is 71.1 Å². The van der Waals surface area contributed by atoms with E-state index in [-0.39, 0.29) is 11.4 Å². The maximum absolute atomic E-state index is 14.1. The van der Waals surface area contributed by atoms with Crippen LogP contribution in [0.1, 0.15) is 16.8 Å². The second-order valence-electron chi connectivity index (χ2n) is 6.49. The molecular formula is C20H19FN4O2. The van der Waals surface area contributed by atoms with Crippen LogP contribution in [0.4, 0.5) is 4.39 Å². The number of pyridine rings is 1. The molecule has 1 N–H and O–H groups in total. The van der Waals surface area contributed by atoms with Crippen LogP contribution in [-0.4, -0.2) is 33.5 Å². The zero-order valence-corrected chi connectivity index (χ0v) is 14.9. The van der Waals surface area contributed by atoms with Crippen LogP contribution in [0.2, 0.25) is 0 Å². The molecule has 0 saturated carbocycles. The summed E-state index contributed by atoms with van der Waals surface area (Å²) in [5.74, 6) is 0.889. The summed E-state index contributed by atoms with van der Waals surface area (Å²) in [5.41, 5.74) is 2.67. The monoisotopic (exact) mass is 366 g/mol. The summed E-state index contributed by atoms with van der Waals surface area (Å²) in [4.78, 5) is 26.1. The van der Waals surface area contributed by atoms with Gasteiger partial charge in [-0.1, -0.05) is 0 Å². The molecule has 0 saturated heterocycles. The van der Waals surface area contributed by atoms with Crippen LogP contribution >= 0.6 is 0 Å². The van der Waals surface area contributed by atoms with Gasteiger partial charge in [0.15, 0.2) is 0 Å². The van der Waals surface area contributed by atoms with Crippen molar-refractivity contribution >= 4 is 0 Å². The average Bonchev–Trinajstić information content (AvgIpc) is 2.70. The zero-order valence-electron chi connectivity index (χ0n) is 14.9. The normalized spacial score (nSPS) is 14.0. The first kappa shape index (κ1) is 17.4. The number of aromatic nitrogens is 3. The van der Waals surface area contributed by atoms with Crippen LogP contribution in [0.15, 0.2) is 47.5 Å². The van der Waals surface area contributed by atoms with E-state index in [1.54, 1.807) is 31.6 Å². The summed E-state index contributed by atoms with van der Waals surface area (Å²) in [5, 5.41) is 0. The minimum atomic E-state index is -0.276. The van der Waals surface area contributed by atoms with Crippen molar-refractivity contribution in [2.24, 2.45) is 0 Å². The number of aromatic amines is 1. The van der Waals surface area contributed by atoms with E-state index in [2.05, 4.69) is 15.0 Å². The Kier molecular flexibility index (Phi) is 4.68. The number of nitrogens with zero attached hydrogens (tertiary/aromatic N) is 3. The highest BCUT2D eigenvalue weighted by molar-refractivity contribution is 5.54. The van der Waals surface area contributed by atoms with Crippen molar-refractivity contribution in [2.75, 3.05) is 13.7 Å².